The molecule has 20 heavy (non-hydrogen) atoms. The van der Waals surface area contributed by atoms with Crippen LogP contribution in [0, 0.1) is 0 Å². The van der Waals surface area contributed by atoms with Crippen LogP contribution in [0.3, 0.4) is 0 Å². The molecule has 0 bridgehead atoms. The summed E-state index contributed by atoms with van der Waals surface area (Å²) in [4.78, 5) is 4.29. The molecule has 0 saturated carbocycles. The fourth-order valence-electron chi connectivity index (χ4n) is 2.18. The van der Waals surface area contributed by atoms with E-state index in [0.29, 0.717) is 18.5 Å². The van der Waals surface area contributed by atoms with Crippen molar-refractivity contribution in [3.63, 3.8) is 0 Å². The average molecular weight is 302 g/mol. The lowest BCUT2D eigenvalue weighted by Crippen LogP contribution is -2.39. The van der Waals surface area contributed by atoms with Crippen LogP contribution in [0.25, 0.3) is 10.2 Å². The Morgan fingerprint density at radius 1 is 1.40 bits per heavy atom. The maximum Gasteiger partial charge on any atom is 0.416 e. The molecular formula is C13H13F3N2OS. The largest absolute Gasteiger partial charge is 0.416 e. The molecule has 0 aliphatic carbocycles. The van der Waals surface area contributed by atoms with E-state index >= 15 is 0 Å². The Bertz CT molecular complexity index is 605. The quantitative estimate of drug-likeness (QED) is 0.926. The Morgan fingerprint density at radius 2 is 2.25 bits per heavy atom. The van der Waals surface area contributed by atoms with Gasteiger partial charge in [0.1, 0.15) is 0 Å². The lowest BCUT2D eigenvalue weighted by atomic mass is 10.2. The summed E-state index contributed by atoms with van der Waals surface area (Å²) < 4.78 is 44.3. The lowest BCUT2D eigenvalue weighted by Gasteiger charge is -2.22. The van der Waals surface area contributed by atoms with Crippen LogP contribution in [0.2, 0.25) is 0 Å². The SMILES string of the molecule is FC(F)(F)c1ccc2sc(CC3CNCCO3)nc2c1. The summed E-state index contributed by atoms with van der Waals surface area (Å²) in [5.74, 6) is 0. The lowest BCUT2D eigenvalue weighted by molar-refractivity contribution is -0.137. The Kier molecular flexibility index (Phi) is 3.66. The van der Waals surface area contributed by atoms with Crippen molar-refractivity contribution in [3.05, 3.63) is 28.8 Å². The molecule has 1 aromatic carbocycles. The standard InChI is InChI=1S/C13H13F3N2OS/c14-13(15,16)8-1-2-11-10(5-8)18-12(20-11)6-9-7-17-3-4-19-9/h1-2,5,9,17H,3-4,6-7H2. The van der Waals surface area contributed by atoms with Crippen molar-refractivity contribution in [3.8, 4) is 0 Å². The minimum Gasteiger partial charge on any atom is -0.375 e. The highest BCUT2D eigenvalue weighted by Crippen LogP contribution is 2.33. The van der Waals surface area contributed by atoms with Gasteiger partial charge in [-0.1, -0.05) is 0 Å². The van der Waals surface area contributed by atoms with Gasteiger partial charge in [-0.05, 0) is 18.2 Å². The van der Waals surface area contributed by atoms with Gasteiger partial charge in [0, 0.05) is 19.5 Å². The zero-order chi connectivity index (χ0) is 14.2. The number of ether oxygens (including phenoxy) is 1. The summed E-state index contributed by atoms with van der Waals surface area (Å²) in [7, 11) is 0. The molecule has 7 heteroatoms. The van der Waals surface area contributed by atoms with E-state index in [1.54, 1.807) is 0 Å². The van der Waals surface area contributed by atoms with Crippen molar-refractivity contribution in [1.82, 2.24) is 10.3 Å². The number of alkyl halides is 3. The molecule has 0 amide bonds. The van der Waals surface area contributed by atoms with Gasteiger partial charge in [0.25, 0.3) is 0 Å². The Labute approximate surface area is 117 Å². The maximum atomic E-state index is 12.6. The molecule has 3 nitrogen and oxygen atoms in total. The zero-order valence-corrected chi connectivity index (χ0v) is 11.4. The van der Waals surface area contributed by atoms with Crippen LogP contribution in [-0.4, -0.2) is 30.8 Å². The molecule has 0 spiro atoms. The topological polar surface area (TPSA) is 34.1 Å². The fraction of sp³-hybridized carbons (Fsp3) is 0.462. The average Bonchev–Trinajstić information content (AvgIpc) is 2.80. The number of morpholine rings is 1. The van der Waals surface area contributed by atoms with Crippen LogP contribution in [0.1, 0.15) is 10.6 Å². The number of thiazole rings is 1. The molecule has 2 aromatic rings. The monoisotopic (exact) mass is 302 g/mol. The van der Waals surface area contributed by atoms with E-state index in [-0.39, 0.29) is 6.10 Å². The molecule has 1 unspecified atom stereocenters. The predicted octanol–water partition coefficient (Wildman–Crippen LogP) is 2.85. The van der Waals surface area contributed by atoms with Crippen LogP contribution in [0.4, 0.5) is 13.2 Å². The second-order valence-corrected chi connectivity index (χ2v) is 5.80. The molecule has 1 fully saturated rings. The number of aromatic nitrogens is 1. The van der Waals surface area contributed by atoms with E-state index in [1.165, 1.54) is 17.4 Å². The number of rotatable bonds is 2. The van der Waals surface area contributed by atoms with E-state index in [0.717, 1.165) is 34.9 Å². The van der Waals surface area contributed by atoms with Gasteiger partial charge in [-0.15, -0.1) is 11.3 Å². The van der Waals surface area contributed by atoms with E-state index in [1.807, 2.05) is 0 Å². The predicted molar refractivity (Wildman–Crippen MR) is 70.9 cm³/mol. The first-order valence-electron chi connectivity index (χ1n) is 6.31. The van der Waals surface area contributed by atoms with Gasteiger partial charge >= 0.3 is 6.18 Å². The summed E-state index contributed by atoms with van der Waals surface area (Å²) in [6.45, 7) is 2.25. The van der Waals surface area contributed by atoms with E-state index in [4.69, 9.17) is 4.74 Å². The summed E-state index contributed by atoms with van der Waals surface area (Å²) in [6, 6.07) is 3.69. The smallest absolute Gasteiger partial charge is 0.375 e. The molecule has 1 N–H and O–H groups in total. The van der Waals surface area contributed by atoms with Crippen LogP contribution in [-0.2, 0) is 17.3 Å². The molecule has 1 aliphatic heterocycles. The van der Waals surface area contributed by atoms with Crippen LogP contribution in [0.5, 0.6) is 0 Å². The summed E-state index contributed by atoms with van der Waals surface area (Å²) >= 11 is 1.42. The van der Waals surface area contributed by atoms with E-state index < -0.39 is 11.7 Å². The molecular weight excluding hydrogens is 289 g/mol. The second-order valence-electron chi connectivity index (χ2n) is 4.69. The van der Waals surface area contributed by atoms with Gasteiger partial charge in [0.15, 0.2) is 0 Å². The summed E-state index contributed by atoms with van der Waals surface area (Å²) in [6.07, 6.45) is -3.64. The first kappa shape index (κ1) is 13.8. The minimum atomic E-state index is -4.33. The Balaban J connectivity index is 1.83. The van der Waals surface area contributed by atoms with E-state index in [9.17, 15) is 13.2 Å². The number of hydrogen-bond donors (Lipinski definition) is 1. The van der Waals surface area contributed by atoms with Gasteiger partial charge in [0.2, 0.25) is 0 Å². The van der Waals surface area contributed by atoms with Gasteiger partial charge < -0.3 is 10.1 Å². The van der Waals surface area contributed by atoms with Gasteiger partial charge in [-0.3, -0.25) is 0 Å². The minimum absolute atomic E-state index is 0.0476. The molecule has 1 aromatic heterocycles. The second kappa shape index (κ2) is 5.31. The van der Waals surface area contributed by atoms with Crippen molar-refractivity contribution >= 4 is 21.6 Å². The summed E-state index contributed by atoms with van der Waals surface area (Å²) in [5, 5.41) is 4.03. The normalized spacial score (nSPS) is 20.4. The fourth-order valence-corrected chi connectivity index (χ4v) is 3.20. The van der Waals surface area contributed by atoms with Crippen LogP contribution < -0.4 is 5.32 Å². The molecule has 108 valence electrons. The summed E-state index contributed by atoms with van der Waals surface area (Å²) in [5.41, 5.74) is -0.249. The van der Waals surface area contributed by atoms with Crippen LogP contribution in [0.15, 0.2) is 18.2 Å². The number of hydrogen-bond acceptors (Lipinski definition) is 4. The van der Waals surface area contributed by atoms with Gasteiger partial charge in [-0.25, -0.2) is 4.98 Å². The van der Waals surface area contributed by atoms with Crippen LogP contribution >= 0.6 is 11.3 Å². The number of fused-ring (bicyclic) bond motifs is 1. The third-order valence-electron chi connectivity index (χ3n) is 3.17. The maximum absolute atomic E-state index is 12.6. The molecule has 0 radical (unpaired) electrons. The highest BCUT2D eigenvalue weighted by atomic mass is 32.1. The highest BCUT2D eigenvalue weighted by molar-refractivity contribution is 7.18. The zero-order valence-electron chi connectivity index (χ0n) is 10.5. The molecule has 1 atom stereocenters. The molecule has 1 aliphatic rings. The number of benzene rings is 1. The van der Waals surface area contributed by atoms with E-state index in [2.05, 4.69) is 10.3 Å². The van der Waals surface area contributed by atoms with Gasteiger partial charge in [-0.2, -0.15) is 13.2 Å². The third-order valence-corrected chi connectivity index (χ3v) is 4.22. The molecule has 2 heterocycles. The highest BCUT2D eigenvalue weighted by Gasteiger charge is 2.30. The first-order chi connectivity index (χ1) is 9.52. The number of halogens is 3. The van der Waals surface area contributed by atoms with Crippen molar-refractivity contribution in [1.29, 1.82) is 0 Å². The van der Waals surface area contributed by atoms with Crippen molar-refractivity contribution in [2.45, 2.75) is 18.7 Å². The van der Waals surface area contributed by atoms with Crippen molar-refractivity contribution in [2.24, 2.45) is 0 Å². The van der Waals surface area contributed by atoms with Crippen molar-refractivity contribution in [2.75, 3.05) is 19.7 Å². The molecule has 3 rings (SSSR count). The Morgan fingerprint density at radius 3 is 2.95 bits per heavy atom. The molecule has 1 saturated heterocycles. The third kappa shape index (κ3) is 2.94. The van der Waals surface area contributed by atoms with Crippen molar-refractivity contribution < 1.29 is 17.9 Å². The Hall–Kier alpha value is -1.18. The number of nitrogens with one attached hydrogen (secondary N) is 1. The first-order valence-corrected chi connectivity index (χ1v) is 7.13. The van der Waals surface area contributed by atoms with Gasteiger partial charge in [0.05, 0.1) is 33.5 Å². The number of nitrogens with zero attached hydrogens (tertiary/aromatic N) is 1.